The molecule has 0 atom stereocenters. The zero-order valence-corrected chi connectivity index (χ0v) is 8.67. The molecule has 0 unspecified atom stereocenters. The summed E-state index contributed by atoms with van der Waals surface area (Å²) in [7, 11) is -0.634. The summed E-state index contributed by atoms with van der Waals surface area (Å²) in [5, 5.41) is 0. The summed E-state index contributed by atoms with van der Waals surface area (Å²) in [4.78, 5) is 0. The van der Waals surface area contributed by atoms with Crippen LogP contribution >= 0.6 is 7.60 Å². The molecule has 0 N–H and O–H groups in total. The van der Waals surface area contributed by atoms with E-state index in [9.17, 15) is 4.57 Å². The first-order valence-corrected chi connectivity index (χ1v) is 5.13. The minimum atomic E-state index is -3.20. The van der Waals surface area contributed by atoms with Crippen molar-refractivity contribution in [1.82, 2.24) is 0 Å². The van der Waals surface area contributed by atoms with Crippen molar-refractivity contribution < 1.29 is 18.3 Å². The highest BCUT2D eigenvalue weighted by molar-refractivity contribution is 7.59. The van der Waals surface area contributed by atoms with Crippen molar-refractivity contribution >= 4 is 7.60 Å². The predicted octanol–water partition coefficient (Wildman–Crippen LogP) is 1.64. The lowest BCUT2D eigenvalue weighted by Gasteiger charge is -2.04. The topological polar surface area (TPSA) is 44.8 Å². The number of rotatable bonds is 5. The molecule has 0 radical (unpaired) electrons. The quantitative estimate of drug-likeness (QED) is 0.295. The van der Waals surface area contributed by atoms with E-state index in [0.717, 1.165) is 0 Å². The molecule has 0 amide bonds. The van der Waals surface area contributed by atoms with Gasteiger partial charge in [-0.1, -0.05) is 12.0 Å². The summed E-state index contributed by atoms with van der Waals surface area (Å²) >= 11 is 0. The highest BCUT2D eigenvalue weighted by Crippen LogP contribution is 2.44. The lowest BCUT2D eigenvalue weighted by Crippen LogP contribution is -1.91. The van der Waals surface area contributed by atoms with Crippen molar-refractivity contribution in [3.8, 4) is 11.6 Å². The zero-order chi connectivity index (χ0) is 10.2. The van der Waals surface area contributed by atoms with Gasteiger partial charge in [-0.25, -0.2) is 4.57 Å². The summed E-state index contributed by atoms with van der Waals surface area (Å²) in [6.07, 6.45) is 1.61. The predicted molar refractivity (Wildman–Crippen MR) is 50.4 cm³/mol. The Bertz CT molecular complexity index is 243. The SMILES string of the molecule is C=CCOCC#CP(=O)(OC)OC. The Morgan fingerprint density at radius 3 is 2.54 bits per heavy atom. The Morgan fingerprint density at radius 1 is 1.46 bits per heavy atom. The fourth-order valence-corrected chi connectivity index (χ4v) is 1.08. The molecule has 0 saturated heterocycles. The van der Waals surface area contributed by atoms with Crippen LogP contribution in [0.3, 0.4) is 0 Å². The highest BCUT2D eigenvalue weighted by atomic mass is 31.2. The van der Waals surface area contributed by atoms with E-state index in [1.807, 2.05) is 0 Å². The molecule has 74 valence electrons. The average Bonchev–Trinajstić information content (AvgIpc) is 2.17. The molecule has 0 fully saturated rings. The normalized spacial score (nSPS) is 10.3. The van der Waals surface area contributed by atoms with Crippen LogP contribution in [0.1, 0.15) is 0 Å². The van der Waals surface area contributed by atoms with E-state index in [1.54, 1.807) is 6.08 Å². The first-order valence-electron chi connectivity index (χ1n) is 3.59. The molecule has 0 aliphatic rings. The minimum Gasteiger partial charge on any atom is -0.365 e. The lowest BCUT2D eigenvalue weighted by molar-refractivity contribution is 0.199. The molecule has 0 heterocycles. The Hall–Kier alpha value is -0.590. The van der Waals surface area contributed by atoms with Gasteiger partial charge in [0.05, 0.1) is 6.61 Å². The molecule has 0 aromatic heterocycles. The molecule has 13 heavy (non-hydrogen) atoms. The average molecular weight is 204 g/mol. The first-order chi connectivity index (χ1) is 6.18. The summed E-state index contributed by atoms with van der Waals surface area (Å²) in [5.74, 6) is 2.53. The van der Waals surface area contributed by atoms with E-state index in [1.165, 1.54) is 14.2 Å². The number of hydrogen-bond donors (Lipinski definition) is 0. The van der Waals surface area contributed by atoms with E-state index in [2.05, 4.69) is 27.2 Å². The van der Waals surface area contributed by atoms with Crippen molar-refractivity contribution in [2.75, 3.05) is 27.4 Å². The third-order valence-electron chi connectivity index (χ3n) is 1.11. The van der Waals surface area contributed by atoms with Crippen molar-refractivity contribution in [2.24, 2.45) is 0 Å². The second kappa shape index (κ2) is 6.88. The molecule has 0 aromatic carbocycles. The van der Waals surface area contributed by atoms with Gasteiger partial charge in [-0.15, -0.1) is 6.58 Å². The van der Waals surface area contributed by atoms with Gasteiger partial charge in [0.15, 0.2) is 0 Å². The van der Waals surface area contributed by atoms with Crippen LogP contribution in [-0.4, -0.2) is 27.4 Å². The first kappa shape index (κ1) is 12.4. The van der Waals surface area contributed by atoms with Gasteiger partial charge in [-0.2, -0.15) is 0 Å². The van der Waals surface area contributed by atoms with Gasteiger partial charge in [0, 0.05) is 19.9 Å². The second-order valence-corrected chi connectivity index (χ2v) is 3.90. The van der Waals surface area contributed by atoms with Crippen molar-refractivity contribution in [3.05, 3.63) is 12.7 Å². The summed E-state index contributed by atoms with van der Waals surface area (Å²) in [5.41, 5.74) is 2.36. The standard InChI is InChI=1S/C8H13O4P/c1-4-6-12-7-5-8-13(9,10-2)11-3/h4H,1,6-7H2,2-3H3. The molecule has 0 spiro atoms. The summed E-state index contributed by atoms with van der Waals surface area (Å²) in [6, 6.07) is 0. The Balaban J connectivity index is 3.92. The summed E-state index contributed by atoms with van der Waals surface area (Å²) in [6.45, 7) is 4.06. The Kier molecular flexibility index (Phi) is 6.56. The maximum atomic E-state index is 11.3. The van der Waals surface area contributed by atoms with E-state index in [4.69, 9.17) is 4.74 Å². The van der Waals surface area contributed by atoms with Gasteiger partial charge < -0.3 is 13.8 Å². The Morgan fingerprint density at radius 2 is 2.08 bits per heavy atom. The summed E-state index contributed by atoms with van der Waals surface area (Å²) < 4.78 is 25.4. The van der Waals surface area contributed by atoms with Gasteiger partial charge in [-0.3, -0.25) is 0 Å². The molecule has 0 rings (SSSR count). The van der Waals surface area contributed by atoms with E-state index < -0.39 is 7.60 Å². The second-order valence-electron chi connectivity index (χ2n) is 1.96. The molecule has 0 aliphatic carbocycles. The molecule has 4 nitrogen and oxygen atoms in total. The van der Waals surface area contributed by atoms with Crippen LogP contribution in [0.4, 0.5) is 0 Å². The van der Waals surface area contributed by atoms with Crippen LogP contribution in [0.2, 0.25) is 0 Å². The maximum Gasteiger partial charge on any atom is 0.405 e. The van der Waals surface area contributed by atoms with Gasteiger partial charge >= 0.3 is 7.60 Å². The molecule has 0 aromatic rings. The molecule has 5 heteroatoms. The van der Waals surface area contributed by atoms with Gasteiger partial charge in [-0.05, 0) is 0 Å². The van der Waals surface area contributed by atoms with Crippen molar-refractivity contribution in [3.63, 3.8) is 0 Å². The number of ether oxygens (including phenoxy) is 1. The minimum absolute atomic E-state index is 0.183. The molecule has 0 saturated carbocycles. The Labute approximate surface area is 78.4 Å². The van der Waals surface area contributed by atoms with Crippen molar-refractivity contribution in [1.29, 1.82) is 0 Å². The monoisotopic (exact) mass is 204 g/mol. The van der Waals surface area contributed by atoms with E-state index in [0.29, 0.717) is 6.61 Å². The van der Waals surface area contributed by atoms with Crippen molar-refractivity contribution in [2.45, 2.75) is 0 Å². The van der Waals surface area contributed by atoms with Gasteiger partial charge in [0.1, 0.15) is 6.61 Å². The molecular weight excluding hydrogens is 191 g/mol. The third kappa shape index (κ3) is 5.62. The maximum absolute atomic E-state index is 11.3. The fourth-order valence-electron chi connectivity index (χ4n) is 0.488. The molecule has 0 aliphatic heterocycles. The van der Waals surface area contributed by atoms with Gasteiger partial charge in [0.2, 0.25) is 0 Å². The molecular formula is C8H13O4P. The zero-order valence-electron chi connectivity index (χ0n) is 7.78. The van der Waals surface area contributed by atoms with Gasteiger partial charge in [0.25, 0.3) is 0 Å². The van der Waals surface area contributed by atoms with Crippen LogP contribution in [0.5, 0.6) is 0 Å². The highest BCUT2D eigenvalue weighted by Gasteiger charge is 2.15. The van der Waals surface area contributed by atoms with Crippen LogP contribution in [0.25, 0.3) is 0 Å². The largest absolute Gasteiger partial charge is 0.405 e. The van der Waals surface area contributed by atoms with E-state index in [-0.39, 0.29) is 6.61 Å². The third-order valence-corrected chi connectivity index (χ3v) is 2.50. The molecule has 0 bridgehead atoms. The van der Waals surface area contributed by atoms with Crippen LogP contribution in [-0.2, 0) is 18.3 Å². The van der Waals surface area contributed by atoms with E-state index >= 15 is 0 Å². The smallest absolute Gasteiger partial charge is 0.365 e. The van der Waals surface area contributed by atoms with Crippen LogP contribution < -0.4 is 0 Å². The fraction of sp³-hybridized carbons (Fsp3) is 0.500. The van der Waals surface area contributed by atoms with Crippen LogP contribution in [0.15, 0.2) is 12.7 Å². The lowest BCUT2D eigenvalue weighted by atomic mass is 10.7. The number of hydrogen-bond acceptors (Lipinski definition) is 4. The van der Waals surface area contributed by atoms with Crippen LogP contribution in [0, 0.1) is 11.6 Å².